The molecule has 1 amide bonds. The topological polar surface area (TPSA) is 72.9 Å². The van der Waals surface area contributed by atoms with Crippen molar-refractivity contribution < 1.29 is 4.79 Å². The molecule has 0 aliphatic rings. The van der Waals surface area contributed by atoms with E-state index in [1.165, 1.54) is 0 Å². The Balaban J connectivity index is 2.03. The lowest BCUT2D eigenvalue weighted by molar-refractivity contribution is 0.100. The summed E-state index contributed by atoms with van der Waals surface area (Å²) in [6.07, 6.45) is 4.70. The number of primary amides is 1. The van der Waals surface area contributed by atoms with Gasteiger partial charge in [-0.2, -0.15) is 0 Å². The first-order valence-corrected chi connectivity index (χ1v) is 7.27. The van der Waals surface area contributed by atoms with E-state index in [9.17, 15) is 4.79 Å². The molecule has 2 aromatic rings. The number of aromatic nitrogens is 2. The number of imidazole rings is 1. The van der Waals surface area contributed by atoms with Gasteiger partial charge >= 0.3 is 0 Å². The van der Waals surface area contributed by atoms with E-state index in [1.54, 1.807) is 18.5 Å². The maximum absolute atomic E-state index is 11.1. The van der Waals surface area contributed by atoms with Crippen molar-refractivity contribution in [1.29, 1.82) is 0 Å². The summed E-state index contributed by atoms with van der Waals surface area (Å²) in [6, 6.07) is 5.11. The second-order valence-electron chi connectivity index (χ2n) is 4.81. The number of amides is 1. The zero-order valence-electron chi connectivity index (χ0n) is 12.0. The van der Waals surface area contributed by atoms with Gasteiger partial charge in [0.15, 0.2) is 0 Å². The Bertz CT molecular complexity index is 624. The molecule has 1 aromatic carbocycles. The average Bonchev–Trinajstić information content (AvgIpc) is 2.89. The van der Waals surface area contributed by atoms with Crippen molar-refractivity contribution in [1.82, 2.24) is 14.9 Å². The molecular weight excluding hydrogens is 288 g/mol. The molecule has 0 fully saturated rings. The molecule has 1 aromatic heterocycles. The van der Waals surface area contributed by atoms with Gasteiger partial charge < -0.3 is 15.6 Å². The minimum Gasteiger partial charge on any atom is -0.366 e. The third-order valence-electron chi connectivity index (χ3n) is 3.19. The first kappa shape index (κ1) is 15.5. The van der Waals surface area contributed by atoms with Crippen molar-refractivity contribution in [3.05, 3.63) is 52.6 Å². The first-order chi connectivity index (χ1) is 10.1. The maximum atomic E-state index is 11.1. The van der Waals surface area contributed by atoms with Crippen molar-refractivity contribution in [3.63, 3.8) is 0 Å². The zero-order chi connectivity index (χ0) is 15.2. The van der Waals surface area contributed by atoms with Gasteiger partial charge in [-0.05, 0) is 24.2 Å². The average molecular weight is 307 g/mol. The van der Waals surface area contributed by atoms with Gasteiger partial charge in [0.25, 0.3) is 0 Å². The number of hydrogen-bond donors (Lipinski definition) is 2. The normalized spacial score (nSPS) is 10.8. The fourth-order valence-corrected chi connectivity index (χ4v) is 2.28. The van der Waals surface area contributed by atoms with Crippen LogP contribution in [0.15, 0.2) is 30.7 Å². The monoisotopic (exact) mass is 306 g/mol. The second-order valence-corrected chi connectivity index (χ2v) is 5.22. The van der Waals surface area contributed by atoms with Crippen LogP contribution in [0.4, 0.5) is 0 Å². The van der Waals surface area contributed by atoms with Crippen LogP contribution in [-0.2, 0) is 13.0 Å². The number of benzene rings is 1. The van der Waals surface area contributed by atoms with Crippen LogP contribution in [0.25, 0.3) is 0 Å². The van der Waals surface area contributed by atoms with E-state index < -0.39 is 5.91 Å². The number of hydrogen-bond acceptors (Lipinski definition) is 3. The molecule has 0 bridgehead atoms. The Kier molecular flexibility index (Phi) is 5.36. The SMILES string of the molecule is CCNCCc1cn(Cc2ccc(C(N)=O)cc2Cl)cn1. The Morgan fingerprint density at radius 3 is 2.95 bits per heavy atom. The molecule has 3 N–H and O–H groups in total. The number of carbonyl (C=O) groups is 1. The second kappa shape index (κ2) is 7.24. The molecule has 0 radical (unpaired) electrons. The molecule has 0 spiro atoms. The summed E-state index contributed by atoms with van der Waals surface area (Å²) in [7, 11) is 0. The Labute approximate surface area is 129 Å². The van der Waals surface area contributed by atoms with Gasteiger partial charge in [-0.3, -0.25) is 4.79 Å². The highest BCUT2D eigenvalue weighted by atomic mass is 35.5. The van der Waals surface area contributed by atoms with E-state index in [-0.39, 0.29) is 0 Å². The zero-order valence-corrected chi connectivity index (χ0v) is 12.7. The van der Waals surface area contributed by atoms with Crippen LogP contribution in [0.2, 0.25) is 5.02 Å². The van der Waals surface area contributed by atoms with E-state index in [0.717, 1.165) is 30.8 Å². The minimum atomic E-state index is -0.475. The van der Waals surface area contributed by atoms with Crippen molar-refractivity contribution in [3.8, 4) is 0 Å². The molecule has 0 atom stereocenters. The highest BCUT2D eigenvalue weighted by Crippen LogP contribution is 2.19. The minimum absolute atomic E-state index is 0.417. The third kappa shape index (κ3) is 4.31. The first-order valence-electron chi connectivity index (χ1n) is 6.89. The Morgan fingerprint density at radius 1 is 1.48 bits per heavy atom. The van der Waals surface area contributed by atoms with Gasteiger partial charge in [-0.1, -0.05) is 24.6 Å². The van der Waals surface area contributed by atoms with Gasteiger partial charge in [0, 0.05) is 36.3 Å². The lowest BCUT2D eigenvalue weighted by atomic mass is 10.1. The molecule has 0 unspecified atom stereocenters. The van der Waals surface area contributed by atoms with E-state index in [4.69, 9.17) is 17.3 Å². The number of nitrogens with zero attached hydrogens (tertiary/aromatic N) is 2. The van der Waals surface area contributed by atoms with E-state index >= 15 is 0 Å². The molecule has 5 nitrogen and oxygen atoms in total. The molecule has 2 rings (SSSR count). The van der Waals surface area contributed by atoms with E-state index in [1.807, 2.05) is 16.8 Å². The van der Waals surface area contributed by atoms with E-state index in [2.05, 4.69) is 17.2 Å². The predicted octanol–water partition coefficient (Wildman–Crippen LogP) is 1.84. The third-order valence-corrected chi connectivity index (χ3v) is 3.54. The summed E-state index contributed by atoms with van der Waals surface area (Å²) >= 11 is 6.18. The molecule has 0 aliphatic heterocycles. The van der Waals surface area contributed by atoms with Crippen molar-refractivity contribution in [2.45, 2.75) is 19.9 Å². The van der Waals surface area contributed by atoms with E-state index in [0.29, 0.717) is 17.1 Å². The highest BCUT2D eigenvalue weighted by molar-refractivity contribution is 6.31. The summed E-state index contributed by atoms with van der Waals surface area (Å²) in [5, 5.41) is 3.80. The lowest BCUT2D eigenvalue weighted by Crippen LogP contribution is -2.16. The maximum Gasteiger partial charge on any atom is 0.248 e. The molecule has 0 saturated carbocycles. The number of likely N-dealkylation sites (N-methyl/N-ethyl adjacent to an activating group) is 1. The molecule has 112 valence electrons. The summed E-state index contributed by atoms with van der Waals surface area (Å²) < 4.78 is 1.98. The van der Waals surface area contributed by atoms with Gasteiger partial charge in [0.1, 0.15) is 0 Å². The lowest BCUT2D eigenvalue weighted by Gasteiger charge is -2.06. The molecule has 6 heteroatoms. The van der Waals surface area contributed by atoms with Crippen LogP contribution in [0.1, 0.15) is 28.5 Å². The fraction of sp³-hybridized carbons (Fsp3) is 0.333. The van der Waals surface area contributed by atoms with Crippen LogP contribution in [-0.4, -0.2) is 28.5 Å². The van der Waals surface area contributed by atoms with Crippen molar-refractivity contribution in [2.24, 2.45) is 5.73 Å². The summed E-state index contributed by atoms with van der Waals surface area (Å²) in [4.78, 5) is 15.5. The number of nitrogens with one attached hydrogen (secondary N) is 1. The van der Waals surface area contributed by atoms with Crippen LogP contribution < -0.4 is 11.1 Å². The quantitative estimate of drug-likeness (QED) is 0.767. The highest BCUT2D eigenvalue weighted by Gasteiger charge is 2.07. The van der Waals surface area contributed by atoms with Crippen molar-refractivity contribution in [2.75, 3.05) is 13.1 Å². The molecule has 0 saturated heterocycles. The standard InChI is InChI=1S/C15H19ClN4O/c1-2-18-6-5-13-9-20(10-19-13)8-12-4-3-11(15(17)21)7-14(12)16/h3-4,7,9-10,18H,2,5-6,8H2,1H3,(H2,17,21). The summed E-state index contributed by atoms with van der Waals surface area (Å²) in [5.74, 6) is -0.475. The smallest absolute Gasteiger partial charge is 0.248 e. The largest absolute Gasteiger partial charge is 0.366 e. The van der Waals surface area contributed by atoms with Crippen LogP contribution >= 0.6 is 11.6 Å². The van der Waals surface area contributed by atoms with Gasteiger partial charge in [0.2, 0.25) is 5.91 Å². The van der Waals surface area contributed by atoms with Crippen LogP contribution in [0.5, 0.6) is 0 Å². The molecule has 0 aliphatic carbocycles. The predicted molar refractivity (Wildman–Crippen MR) is 83.5 cm³/mol. The summed E-state index contributed by atoms with van der Waals surface area (Å²) in [5.41, 5.74) is 7.62. The summed E-state index contributed by atoms with van der Waals surface area (Å²) in [6.45, 7) is 4.58. The van der Waals surface area contributed by atoms with Crippen molar-refractivity contribution >= 4 is 17.5 Å². The Hall–Kier alpha value is -1.85. The molecule has 21 heavy (non-hydrogen) atoms. The van der Waals surface area contributed by atoms with Gasteiger partial charge in [-0.15, -0.1) is 0 Å². The van der Waals surface area contributed by atoms with Gasteiger partial charge in [0.05, 0.1) is 12.0 Å². The van der Waals surface area contributed by atoms with Gasteiger partial charge in [-0.25, -0.2) is 4.98 Å². The molecular formula is C15H19ClN4O. The number of nitrogens with two attached hydrogens (primary N) is 1. The Morgan fingerprint density at radius 2 is 2.29 bits per heavy atom. The number of rotatable bonds is 7. The van der Waals surface area contributed by atoms with Crippen LogP contribution in [0.3, 0.4) is 0 Å². The number of halogens is 1. The number of carbonyl (C=O) groups excluding carboxylic acids is 1. The molecule has 1 heterocycles. The fourth-order valence-electron chi connectivity index (χ4n) is 2.04. The van der Waals surface area contributed by atoms with Crippen LogP contribution in [0, 0.1) is 0 Å².